The number of carbonyl (C=O) groups is 1. The van der Waals surface area contributed by atoms with E-state index in [0.717, 1.165) is 23.8 Å². The van der Waals surface area contributed by atoms with Crippen LogP contribution in [0.25, 0.3) is 0 Å². The predicted octanol–water partition coefficient (Wildman–Crippen LogP) is 3.05. The molecule has 0 aromatic heterocycles. The Hall–Kier alpha value is -1.36. The van der Waals surface area contributed by atoms with Crippen molar-refractivity contribution in [3.63, 3.8) is 0 Å². The van der Waals surface area contributed by atoms with Crippen LogP contribution in [0.15, 0.2) is 18.2 Å². The molecule has 104 valence electrons. The molecule has 4 N–H and O–H groups in total. The number of carboxylic acid groups (broad SMARTS) is 1. The van der Waals surface area contributed by atoms with Gasteiger partial charge in [0.25, 0.3) is 0 Å². The third kappa shape index (κ3) is 3.56. The fraction of sp³-hybridized carbons (Fsp3) is 0.500. The maximum absolute atomic E-state index is 10.8. The van der Waals surface area contributed by atoms with Crippen LogP contribution in [0.1, 0.15) is 36.0 Å². The molecule has 0 aliphatic heterocycles. The van der Waals surface area contributed by atoms with Crippen molar-refractivity contribution in [1.29, 1.82) is 0 Å². The topological polar surface area (TPSA) is 75.3 Å². The molecule has 0 saturated heterocycles. The van der Waals surface area contributed by atoms with E-state index in [1.807, 2.05) is 11.8 Å². The summed E-state index contributed by atoms with van der Waals surface area (Å²) in [5.74, 6) is -0.946. The summed E-state index contributed by atoms with van der Waals surface area (Å²) in [7, 11) is 0. The molecule has 19 heavy (non-hydrogen) atoms. The molecule has 0 heterocycles. The highest BCUT2D eigenvalue weighted by Gasteiger charge is 2.20. The molecule has 0 bridgehead atoms. The zero-order valence-electron chi connectivity index (χ0n) is 11.1. The molecule has 0 unspecified atom stereocenters. The third-order valence-electron chi connectivity index (χ3n) is 3.67. The monoisotopic (exact) mass is 280 g/mol. The number of nitrogens with two attached hydrogens (primary N) is 1. The van der Waals surface area contributed by atoms with E-state index in [0.29, 0.717) is 11.7 Å². The summed E-state index contributed by atoms with van der Waals surface area (Å²) in [5, 5.41) is 13.1. The Labute approximate surface area is 117 Å². The highest BCUT2D eigenvalue weighted by molar-refractivity contribution is 7.99. The molecule has 0 atom stereocenters. The lowest BCUT2D eigenvalue weighted by Crippen LogP contribution is -2.27. The van der Waals surface area contributed by atoms with Gasteiger partial charge in [-0.3, -0.25) is 0 Å². The molecule has 5 heteroatoms. The Morgan fingerprint density at radius 3 is 2.58 bits per heavy atom. The van der Waals surface area contributed by atoms with Crippen molar-refractivity contribution in [3.05, 3.63) is 23.8 Å². The smallest absolute Gasteiger partial charge is 0.335 e. The van der Waals surface area contributed by atoms with Crippen molar-refractivity contribution >= 4 is 29.1 Å². The molecule has 1 saturated carbocycles. The van der Waals surface area contributed by atoms with E-state index >= 15 is 0 Å². The van der Waals surface area contributed by atoms with Crippen molar-refractivity contribution in [2.75, 3.05) is 17.3 Å². The van der Waals surface area contributed by atoms with Crippen LogP contribution in [0.2, 0.25) is 0 Å². The first-order chi connectivity index (χ1) is 9.10. The average molecular weight is 280 g/mol. The van der Waals surface area contributed by atoms with Gasteiger partial charge in [0.15, 0.2) is 0 Å². The van der Waals surface area contributed by atoms with Gasteiger partial charge in [0, 0.05) is 11.3 Å². The minimum absolute atomic E-state index is 0.231. The second-order valence-electron chi connectivity index (χ2n) is 4.96. The van der Waals surface area contributed by atoms with E-state index in [-0.39, 0.29) is 5.56 Å². The second-order valence-corrected chi connectivity index (χ2v) is 6.10. The van der Waals surface area contributed by atoms with Gasteiger partial charge >= 0.3 is 5.97 Å². The summed E-state index contributed by atoms with van der Waals surface area (Å²) in [4.78, 5) is 10.8. The molecule has 0 spiro atoms. The highest BCUT2D eigenvalue weighted by Crippen LogP contribution is 2.30. The van der Waals surface area contributed by atoms with E-state index < -0.39 is 5.97 Å². The number of aromatic carboxylic acids is 1. The number of rotatable bonds is 4. The van der Waals surface area contributed by atoms with Crippen molar-refractivity contribution in [2.45, 2.75) is 37.0 Å². The van der Waals surface area contributed by atoms with Gasteiger partial charge in [-0.25, -0.2) is 4.79 Å². The number of hydrogen-bond donors (Lipinski definition) is 3. The lowest BCUT2D eigenvalue weighted by Gasteiger charge is -2.29. The van der Waals surface area contributed by atoms with Crippen LogP contribution < -0.4 is 11.1 Å². The van der Waals surface area contributed by atoms with E-state index in [9.17, 15) is 4.79 Å². The fourth-order valence-electron chi connectivity index (χ4n) is 2.49. The SMILES string of the molecule is CSC1CCC(Nc2ccc(C(=O)O)cc2N)CC1. The van der Waals surface area contributed by atoms with Crippen LogP contribution in [-0.4, -0.2) is 28.6 Å². The average Bonchev–Trinajstić information content (AvgIpc) is 2.41. The van der Waals surface area contributed by atoms with Crippen molar-refractivity contribution in [1.82, 2.24) is 0 Å². The van der Waals surface area contributed by atoms with Crippen LogP contribution in [0.4, 0.5) is 11.4 Å². The second kappa shape index (κ2) is 6.19. The number of benzene rings is 1. The highest BCUT2D eigenvalue weighted by atomic mass is 32.2. The zero-order valence-corrected chi connectivity index (χ0v) is 11.9. The normalized spacial score (nSPS) is 23.0. The first kappa shape index (κ1) is 14.1. The van der Waals surface area contributed by atoms with Gasteiger partial charge in [-0.15, -0.1) is 0 Å². The molecular weight excluding hydrogens is 260 g/mol. The molecule has 1 fully saturated rings. The predicted molar refractivity (Wildman–Crippen MR) is 81.0 cm³/mol. The van der Waals surface area contributed by atoms with E-state index in [1.165, 1.54) is 18.9 Å². The van der Waals surface area contributed by atoms with Crippen molar-refractivity contribution in [3.8, 4) is 0 Å². The van der Waals surface area contributed by atoms with E-state index in [2.05, 4.69) is 11.6 Å². The largest absolute Gasteiger partial charge is 0.478 e. The number of anilines is 2. The van der Waals surface area contributed by atoms with Gasteiger partial charge < -0.3 is 16.2 Å². The summed E-state index contributed by atoms with van der Waals surface area (Å²) in [5.41, 5.74) is 7.48. The minimum Gasteiger partial charge on any atom is -0.478 e. The molecule has 1 aromatic rings. The van der Waals surface area contributed by atoms with Crippen molar-refractivity contribution in [2.24, 2.45) is 0 Å². The lowest BCUT2D eigenvalue weighted by molar-refractivity contribution is 0.0697. The van der Waals surface area contributed by atoms with Gasteiger partial charge in [0.05, 0.1) is 16.9 Å². The quantitative estimate of drug-likeness (QED) is 0.739. The minimum atomic E-state index is -0.946. The number of nitrogen functional groups attached to an aromatic ring is 1. The van der Waals surface area contributed by atoms with Gasteiger partial charge in [-0.1, -0.05) is 0 Å². The van der Waals surface area contributed by atoms with Crippen LogP contribution in [-0.2, 0) is 0 Å². The summed E-state index contributed by atoms with van der Waals surface area (Å²) in [6.07, 6.45) is 6.91. The molecular formula is C14H20N2O2S. The Morgan fingerprint density at radius 2 is 2.05 bits per heavy atom. The molecule has 1 aliphatic carbocycles. The maximum Gasteiger partial charge on any atom is 0.335 e. The first-order valence-corrected chi connectivity index (χ1v) is 7.81. The first-order valence-electron chi connectivity index (χ1n) is 6.52. The summed E-state index contributed by atoms with van der Waals surface area (Å²) >= 11 is 1.94. The Balaban J connectivity index is 1.98. The maximum atomic E-state index is 10.8. The van der Waals surface area contributed by atoms with Gasteiger partial charge in [-0.2, -0.15) is 11.8 Å². The molecule has 2 rings (SSSR count). The van der Waals surface area contributed by atoms with Gasteiger partial charge in [-0.05, 0) is 50.1 Å². The molecule has 0 radical (unpaired) electrons. The number of thioether (sulfide) groups is 1. The van der Waals surface area contributed by atoms with E-state index in [4.69, 9.17) is 10.8 Å². The van der Waals surface area contributed by atoms with E-state index in [1.54, 1.807) is 12.1 Å². The van der Waals surface area contributed by atoms with Crippen LogP contribution in [0, 0.1) is 0 Å². The molecule has 0 amide bonds. The lowest BCUT2D eigenvalue weighted by atomic mass is 9.94. The number of nitrogens with one attached hydrogen (secondary N) is 1. The standard InChI is InChI=1S/C14H20N2O2S/c1-19-11-5-3-10(4-6-11)16-13-7-2-9(14(17)18)8-12(13)15/h2,7-8,10-11,16H,3-6,15H2,1H3,(H,17,18). The third-order valence-corrected chi connectivity index (χ3v) is 4.80. The summed E-state index contributed by atoms with van der Waals surface area (Å²) < 4.78 is 0. The van der Waals surface area contributed by atoms with Gasteiger partial charge in [0.2, 0.25) is 0 Å². The zero-order chi connectivity index (χ0) is 13.8. The van der Waals surface area contributed by atoms with Crippen LogP contribution >= 0.6 is 11.8 Å². The molecule has 1 aromatic carbocycles. The Bertz CT molecular complexity index is 457. The molecule has 1 aliphatic rings. The fourth-order valence-corrected chi connectivity index (χ4v) is 3.23. The van der Waals surface area contributed by atoms with Gasteiger partial charge in [0.1, 0.15) is 0 Å². The summed E-state index contributed by atoms with van der Waals surface area (Å²) in [6.45, 7) is 0. The number of hydrogen-bond acceptors (Lipinski definition) is 4. The molecule has 4 nitrogen and oxygen atoms in total. The van der Waals surface area contributed by atoms with Crippen LogP contribution in [0.3, 0.4) is 0 Å². The van der Waals surface area contributed by atoms with Crippen LogP contribution in [0.5, 0.6) is 0 Å². The Kier molecular flexibility index (Phi) is 4.58. The summed E-state index contributed by atoms with van der Waals surface area (Å²) in [6, 6.07) is 5.31. The Morgan fingerprint density at radius 1 is 1.37 bits per heavy atom. The van der Waals surface area contributed by atoms with Crippen molar-refractivity contribution < 1.29 is 9.90 Å². The number of carboxylic acids is 1.